The number of thiophene rings is 1. The summed E-state index contributed by atoms with van der Waals surface area (Å²) in [6.07, 6.45) is 1.31. The van der Waals surface area contributed by atoms with Crippen LogP contribution in [0.4, 0.5) is 0 Å². The van der Waals surface area contributed by atoms with Crippen LogP contribution >= 0.6 is 11.3 Å². The third-order valence-corrected chi connectivity index (χ3v) is 4.13. The van der Waals surface area contributed by atoms with Crippen LogP contribution in [0.2, 0.25) is 0 Å². The summed E-state index contributed by atoms with van der Waals surface area (Å²) < 4.78 is 9.80. The van der Waals surface area contributed by atoms with Crippen molar-refractivity contribution >= 4 is 33.5 Å². The van der Waals surface area contributed by atoms with Crippen LogP contribution in [0.25, 0.3) is 10.2 Å². The summed E-state index contributed by atoms with van der Waals surface area (Å²) in [5.74, 6) is -1.15. The van der Waals surface area contributed by atoms with Crippen LogP contribution in [-0.4, -0.2) is 30.1 Å². The maximum Gasteiger partial charge on any atom is 0.348 e. The first-order chi connectivity index (χ1) is 10.0. The molecule has 0 atom stereocenters. The highest BCUT2D eigenvalue weighted by atomic mass is 32.1. The molecule has 0 saturated carbocycles. The molecule has 7 heteroatoms. The van der Waals surface area contributed by atoms with E-state index in [4.69, 9.17) is 9.47 Å². The molecule has 2 heterocycles. The first-order valence-electron chi connectivity index (χ1n) is 6.50. The zero-order valence-corrected chi connectivity index (χ0v) is 12.8. The molecule has 6 nitrogen and oxygen atoms in total. The van der Waals surface area contributed by atoms with Crippen LogP contribution in [0.5, 0.6) is 0 Å². The maximum absolute atomic E-state index is 12.4. The summed E-state index contributed by atoms with van der Waals surface area (Å²) in [4.78, 5) is 39.7. The normalized spacial score (nSPS) is 10.6. The average Bonchev–Trinajstić information content (AvgIpc) is 2.78. The first-order valence-corrected chi connectivity index (χ1v) is 7.31. The Balaban J connectivity index is 2.60. The van der Waals surface area contributed by atoms with Crippen LogP contribution in [-0.2, 0) is 9.47 Å². The summed E-state index contributed by atoms with van der Waals surface area (Å²) >= 11 is 1.14. The molecule has 0 aliphatic heterocycles. The number of fused-ring (bicyclic) bond motifs is 1. The molecular weight excluding hydrogens is 294 g/mol. The van der Waals surface area contributed by atoms with Gasteiger partial charge in [0, 0.05) is 6.20 Å². The molecule has 0 aliphatic rings. The van der Waals surface area contributed by atoms with Crippen molar-refractivity contribution in [1.29, 1.82) is 0 Å². The topological polar surface area (TPSA) is 85.5 Å². The van der Waals surface area contributed by atoms with Crippen molar-refractivity contribution in [2.24, 2.45) is 0 Å². The van der Waals surface area contributed by atoms with Gasteiger partial charge in [-0.2, -0.15) is 0 Å². The van der Waals surface area contributed by atoms with Gasteiger partial charge in [-0.1, -0.05) is 0 Å². The Hall–Kier alpha value is -2.15. The van der Waals surface area contributed by atoms with Gasteiger partial charge in [-0.3, -0.25) is 4.79 Å². The van der Waals surface area contributed by atoms with Crippen LogP contribution in [0, 0.1) is 6.92 Å². The molecule has 21 heavy (non-hydrogen) atoms. The van der Waals surface area contributed by atoms with Crippen molar-refractivity contribution in [3.63, 3.8) is 0 Å². The SMILES string of the molecule is CCOC(=O)c1sc2[nH]cc(C(=O)OCC)c(=O)c2c1C. The molecule has 0 fully saturated rings. The Morgan fingerprint density at radius 3 is 2.43 bits per heavy atom. The van der Waals surface area contributed by atoms with Gasteiger partial charge in [0.2, 0.25) is 5.43 Å². The van der Waals surface area contributed by atoms with E-state index in [2.05, 4.69) is 4.98 Å². The van der Waals surface area contributed by atoms with Gasteiger partial charge in [0.25, 0.3) is 0 Å². The number of aromatic amines is 1. The average molecular weight is 309 g/mol. The van der Waals surface area contributed by atoms with Gasteiger partial charge in [-0.25, -0.2) is 9.59 Å². The first kappa shape index (κ1) is 15.2. The summed E-state index contributed by atoms with van der Waals surface area (Å²) in [5, 5.41) is 0.327. The minimum atomic E-state index is -0.677. The van der Waals surface area contributed by atoms with Crippen molar-refractivity contribution < 1.29 is 19.1 Å². The predicted octanol–water partition coefficient (Wildman–Crippen LogP) is 2.25. The van der Waals surface area contributed by atoms with Crippen molar-refractivity contribution in [3.05, 3.63) is 32.4 Å². The van der Waals surface area contributed by atoms with E-state index in [-0.39, 0.29) is 18.8 Å². The Morgan fingerprint density at radius 1 is 1.19 bits per heavy atom. The number of carbonyl (C=O) groups is 2. The molecule has 1 N–H and O–H groups in total. The van der Waals surface area contributed by atoms with E-state index in [0.717, 1.165) is 11.3 Å². The number of hydrogen-bond acceptors (Lipinski definition) is 6. The molecule has 0 aliphatic carbocycles. The number of esters is 2. The second kappa shape index (κ2) is 6.09. The molecule has 0 unspecified atom stereocenters. The fraction of sp³-hybridized carbons (Fsp3) is 0.357. The van der Waals surface area contributed by atoms with Gasteiger partial charge in [0.15, 0.2) is 0 Å². The molecule has 2 rings (SSSR count). The van der Waals surface area contributed by atoms with E-state index in [1.54, 1.807) is 20.8 Å². The lowest BCUT2D eigenvalue weighted by atomic mass is 10.1. The summed E-state index contributed by atoms with van der Waals surface area (Å²) in [7, 11) is 0. The second-order valence-electron chi connectivity index (χ2n) is 4.23. The summed E-state index contributed by atoms with van der Waals surface area (Å²) in [5.41, 5.74) is 0.00741. The van der Waals surface area contributed by atoms with Crippen LogP contribution in [0.1, 0.15) is 39.4 Å². The highest BCUT2D eigenvalue weighted by Crippen LogP contribution is 2.28. The van der Waals surface area contributed by atoms with Gasteiger partial charge < -0.3 is 14.5 Å². The molecule has 2 aromatic rings. The van der Waals surface area contributed by atoms with E-state index in [0.29, 0.717) is 20.7 Å². The molecule has 0 saturated heterocycles. The number of H-pyrrole nitrogens is 1. The van der Waals surface area contributed by atoms with E-state index >= 15 is 0 Å². The monoisotopic (exact) mass is 309 g/mol. The van der Waals surface area contributed by atoms with Crippen LogP contribution in [0.15, 0.2) is 11.0 Å². The zero-order chi connectivity index (χ0) is 15.6. The smallest absolute Gasteiger partial charge is 0.348 e. The number of rotatable bonds is 4. The second-order valence-corrected chi connectivity index (χ2v) is 5.25. The largest absolute Gasteiger partial charge is 0.462 e. The predicted molar refractivity (Wildman–Crippen MR) is 79.1 cm³/mol. The van der Waals surface area contributed by atoms with Gasteiger partial charge in [-0.15, -0.1) is 11.3 Å². The van der Waals surface area contributed by atoms with Gasteiger partial charge in [-0.05, 0) is 26.3 Å². The lowest BCUT2D eigenvalue weighted by molar-refractivity contribution is 0.0518. The Morgan fingerprint density at radius 2 is 1.81 bits per heavy atom. The third-order valence-electron chi connectivity index (χ3n) is 2.92. The van der Waals surface area contributed by atoms with E-state index in [1.165, 1.54) is 6.20 Å². The highest BCUT2D eigenvalue weighted by molar-refractivity contribution is 7.20. The summed E-state index contributed by atoms with van der Waals surface area (Å²) in [6, 6.07) is 0. The molecule has 0 bridgehead atoms. The number of carbonyl (C=O) groups excluding carboxylic acids is 2. The lowest BCUT2D eigenvalue weighted by Gasteiger charge is -2.01. The maximum atomic E-state index is 12.4. The lowest BCUT2D eigenvalue weighted by Crippen LogP contribution is -2.18. The molecule has 112 valence electrons. The fourth-order valence-corrected chi connectivity index (χ4v) is 3.05. The minimum Gasteiger partial charge on any atom is -0.462 e. The molecule has 2 aromatic heterocycles. The molecule has 0 aromatic carbocycles. The molecule has 0 radical (unpaired) electrons. The standard InChI is InChI=1S/C14H15NO5S/c1-4-19-13(17)8-6-15-12-9(10(8)16)7(3)11(21-12)14(18)20-5-2/h6H,4-5H2,1-3H3,(H,15,16). The van der Waals surface area contributed by atoms with Crippen LogP contribution in [0.3, 0.4) is 0 Å². The quantitative estimate of drug-likeness (QED) is 0.876. The highest BCUT2D eigenvalue weighted by Gasteiger charge is 2.22. The number of aromatic nitrogens is 1. The Bertz CT molecular complexity index is 759. The third kappa shape index (κ3) is 2.69. The molecule has 0 spiro atoms. The van der Waals surface area contributed by atoms with E-state index in [9.17, 15) is 14.4 Å². The Labute approximate surface area is 124 Å². The van der Waals surface area contributed by atoms with Gasteiger partial charge >= 0.3 is 11.9 Å². The van der Waals surface area contributed by atoms with Gasteiger partial charge in [0.05, 0.1) is 18.6 Å². The number of nitrogens with one attached hydrogen (secondary N) is 1. The Kier molecular flexibility index (Phi) is 4.42. The number of aryl methyl sites for hydroxylation is 1. The molecule has 0 amide bonds. The zero-order valence-electron chi connectivity index (χ0n) is 11.9. The van der Waals surface area contributed by atoms with E-state index in [1.807, 2.05) is 0 Å². The van der Waals surface area contributed by atoms with Crippen molar-refractivity contribution in [2.75, 3.05) is 13.2 Å². The van der Waals surface area contributed by atoms with Crippen molar-refractivity contribution in [1.82, 2.24) is 4.98 Å². The summed E-state index contributed by atoms with van der Waals surface area (Å²) in [6.45, 7) is 5.49. The van der Waals surface area contributed by atoms with Crippen LogP contribution < -0.4 is 5.43 Å². The fourth-order valence-electron chi connectivity index (χ4n) is 1.98. The number of pyridine rings is 1. The number of ether oxygens (including phenoxy) is 2. The van der Waals surface area contributed by atoms with Gasteiger partial charge in [0.1, 0.15) is 15.3 Å². The minimum absolute atomic E-state index is 0.0688. The number of hydrogen-bond donors (Lipinski definition) is 1. The van der Waals surface area contributed by atoms with Crippen molar-refractivity contribution in [3.8, 4) is 0 Å². The van der Waals surface area contributed by atoms with Crippen molar-refractivity contribution in [2.45, 2.75) is 20.8 Å². The molecular formula is C14H15NO5S. The van der Waals surface area contributed by atoms with E-state index < -0.39 is 17.4 Å².